The van der Waals surface area contributed by atoms with Crippen molar-refractivity contribution >= 4 is 33.8 Å². The summed E-state index contributed by atoms with van der Waals surface area (Å²) in [7, 11) is -2.99. The average Bonchev–Trinajstić information content (AvgIpc) is 2.87. The second-order valence-corrected chi connectivity index (χ2v) is 10.0. The molecule has 3 aromatic rings. The van der Waals surface area contributed by atoms with Gasteiger partial charge in [0, 0.05) is 19.3 Å². The number of hydrogen-bond donors (Lipinski definition) is 6. The molecule has 0 fully saturated rings. The molecule has 0 saturated carbocycles. The summed E-state index contributed by atoms with van der Waals surface area (Å²) in [4.78, 5) is 24.1. The number of ether oxygens (including phenoxy) is 1. The number of phenolic OH excluding ortho intramolecular Hbond substituents is 1. The number of aromatic hydroxyl groups is 1. The summed E-state index contributed by atoms with van der Waals surface area (Å²) in [6.45, 7) is -0.128. The summed E-state index contributed by atoms with van der Waals surface area (Å²) >= 11 is 0. The number of hydrogen-bond acceptors (Lipinski definition) is 7. The predicted octanol–water partition coefficient (Wildman–Crippen LogP) is 1.88. The summed E-state index contributed by atoms with van der Waals surface area (Å²) in [5.41, 5.74) is 7.18. The molecular formula is C25H27N5O7S. The topological polar surface area (TPSA) is 195 Å². The van der Waals surface area contributed by atoms with E-state index in [1.807, 2.05) is 0 Å². The van der Waals surface area contributed by atoms with E-state index in [0.717, 1.165) is 4.31 Å². The second kappa shape index (κ2) is 12.2. The van der Waals surface area contributed by atoms with Crippen molar-refractivity contribution in [1.29, 1.82) is 5.41 Å². The number of nitrogens with zero attached hydrogens (tertiary/aromatic N) is 1. The number of carbonyl (C=O) groups excluding carboxylic acids is 1. The molecule has 3 rings (SSSR count). The third-order valence-electron chi connectivity index (χ3n) is 5.46. The first-order valence-corrected chi connectivity index (χ1v) is 12.6. The number of carbonyl (C=O) groups is 2. The van der Waals surface area contributed by atoms with E-state index in [1.165, 1.54) is 55.6 Å². The third-order valence-corrected chi connectivity index (χ3v) is 6.98. The molecule has 38 heavy (non-hydrogen) atoms. The van der Waals surface area contributed by atoms with E-state index in [9.17, 15) is 28.2 Å². The predicted molar refractivity (Wildman–Crippen MR) is 140 cm³/mol. The largest absolute Gasteiger partial charge is 0.508 e. The van der Waals surface area contributed by atoms with Gasteiger partial charge in [-0.05, 0) is 66.1 Å². The lowest BCUT2D eigenvalue weighted by molar-refractivity contribution is -0.141. The van der Waals surface area contributed by atoms with E-state index in [0.29, 0.717) is 16.8 Å². The molecule has 13 heteroatoms. The summed E-state index contributed by atoms with van der Waals surface area (Å²) in [5.74, 6) is -1.90. The molecule has 0 aromatic heterocycles. The molecule has 0 aliphatic heterocycles. The Morgan fingerprint density at radius 1 is 1.00 bits per heavy atom. The lowest BCUT2D eigenvalue weighted by Crippen LogP contribution is -2.48. The first-order chi connectivity index (χ1) is 17.9. The number of carboxylic acids is 1. The van der Waals surface area contributed by atoms with Crippen molar-refractivity contribution in [2.45, 2.75) is 19.0 Å². The Bertz CT molecular complexity index is 1390. The van der Waals surface area contributed by atoms with Gasteiger partial charge >= 0.3 is 11.9 Å². The molecule has 7 N–H and O–H groups in total. The van der Waals surface area contributed by atoms with Gasteiger partial charge in [-0.25, -0.2) is 4.79 Å². The highest BCUT2D eigenvalue weighted by Gasteiger charge is 2.31. The van der Waals surface area contributed by atoms with Crippen molar-refractivity contribution < 1.29 is 33.0 Å². The first-order valence-electron chi connectivity index (χ1n) is 11.2. The fourth-order valence-corrected chi connectivity index (χ4v) is 4.41. The maximum atomic E-state index is 12.8. The van der Waals surface area contributed by atoms with Gasteiger partial charge in [0.05, 0.1) is 5.56 Å². The Balaban J connectivity index is 1.58. The minimum atomic E-state index is -4.17. The van der Waals surface area contributed by atoms with Crippen LogP contribution in [0.5, 0.6) is 11.5 Å². The highest BCUT2D eigenvalue weighted by atomic mass is 32.2. The quantitative estimate of drug-likeness (QED) is 0.0909. The lowest BCUT2D eigenvalue weighted by Gasteiger charge is -2.24. The average molecular weight is 542 g/mol. The summed E-state index contributed by atoms with van der Waals surface area (Å²) in [5, 5.41) is 28.8. The minimum absolute atomic E-state index is 0.0152. The van der Waals surface area contributed by atoms with Crippen molar-refractivity contribution in [2.75, 3.05) is 12.4 Å². The van der Waals surface area contributed by atoms with Gasteiger partial charge in [-0.2, -0.15) is 17.4 Å². The van der Waals surface area contributed by atoms with E-state index in [-0.39, 0.29) is 36.0 Å². The van der Waals surface area contributed by atoms with Crippen LogP contribution in [0.25, 0.3) is 0 Å². The number of likely N-dealkylation sites (N-methyl/N-ethyl adjacent to an activating group) is 1. The Labute approximate surface area is 219 Å². The zero-order chi connectivity index (χ0) is 27.9. The van der Waals surface area contributed by atoms with Gasteiger partial charge in [0.1, 0.15) is 17.5 Å². The molecule has 0 amide bonds. The molecule has 0 aliphatic rings. The van der Waals surface area contributed by atoms with E-state index < -0.39 is 28.2 Å². The minimum Gasteiger partial charge on any atom is -0.508 e. The van der Waals surface area contributed by atoms with Gasteiger partial charge in [0.2, 0.25) is 0 Å². The fourth-order valence-electron chi connectivity index (χ4n) is 3.36. The number of aliphatic carboxylic acids is 1. The number of nitrogens with two attached hydrogens (primary N) is 1. The molecule has 0 radical (unpaired) electrons. The van der Waals surface area contributed by atoms with Gasteiger partial charge < -0.3 is 26.0 Å². The number of phenols is 1. The van der Waals surface area contributed by atoms with Crippen LogP contribution in [-0.2, 0) is 28.0 Å². The van der Waals surface area contributed by atoms with Crippen LogP contribution in [0.4, 0.5) is 5.69 Å². The van der Waals surface area contributed by atoms with Crippen LogP contribution in [0.2, 0.25) is 0 Å². The van der Waals surface area contributed by atoms with Crippen LogP contribution in [0, 0.1) is 5.41 Å². The van der Waals surface area contributed by atoms with Gasteiger partial charge in [-0.1, -0.05) is 24.3 Å². The van der Waals surface area contributed by atoms with Crippen molar-refractivity contribution in [2.24, 2.45) is 5.73 Å². The molecule has 12 nitrogen and oxygen atoms in total. The lowest BCUT2D eigenvalue weighted by atomic mass is 10.1. The Morgan fingerprint density at radius 3 is 2.13 bits per heavy atom. The number of benzene rings is 3. The van der Waals surface area contributed by atoms with Crippen LogP contribution < -0.4 is 20.5 Å². The maximum absolute atomic E-state index is 12.8. The van der Waals surface area contributed by atoms with Crippen LogP contribution in [0.1, 0.15) is 21.5 Å². The smallest absolute Gasteiger partial charge is 0.343 e. The number of guanidine groups is 1. The Kier molecular flexibility index (Phi) is 9.02. The van der Waals surface area contributed by atoms with Crippen molar-refractivity contribution in [3.8, 4) is 11.5 Å². The van der Waals surface area contributed by atoms with Gasteiger partial charge in [-0.3, -0.25) is 10.2 Å². The van der Waals surface area contributed by atoms with Crippen molar-refractivity contribution in [3.63, 3.8) is 0 Å². The summed E-state index contributed by atoms with van der Waals surface area (Å²) in [6, 6.07) is 16.8. The summed E-state index contributed by atoms with van der Waals surface area (Å²) in [6.07, 6.45) is -0.0942. The molecule has 1 atom stereocenters. The van der Waals surface area contributed by atoms with Crippen molar-refractivity contribution in [3.05, 3.63) is 89.5 Å². The van der Waals surface area contributed by atoms with Crippen LogP contribution in [-0.4, -0.2) is 53.9 Å². The van der Waals surface area contributed by atoms with E-state index in [4.69, 9.17) is 15.9 Å². The highest BCUT2D eigenvalue weighted by Crippen LogP contribution is 2.18. The molecule has 0 spiro atoms. The number of carboxylic acid groups (broad SMARTS) is 1. The monoisotopic (exact) mass is 541 g/mol. The van der Waals surface area contributed by atoms with Crippen LogP contribution >= 0.6 is 0 Å². The highest BCUT2D eigenvalue weighted by molar-refractivity contribution is 7.87. The van der Waals surface area contributed by atoms with Crippen LogP contribution in [0.15, 0.2) is 72.8 Å². The molecule has 0 heterocycles. The van der Waals surface area contributed by atoms with Gasteiger partial charge in [-0.15, -0.1) is 0 Å². The fraction of sp³-hybridized carbons (Fsp3) is 0.160. The first kappa shape index (κ1) is 28.1. The summed E-state index contributed by atoms with van der Waals surface area (Å²) < 4.78 is 34.0. The zero-order valence-electron chi connectivity index (χ0n) is 20.3. The van der Waals surface area contributed by atoms with Gasteiger partial charge in [0.15, 0.2) is 5.96 Å². The molecular weight excluding hydrogens is 514 g/mol. The normalized spacial score (nSPS) is 12.1. The number of rotatable bonds is 11. The van der Waals surface area contributed by atoms with Crippen LogP contribution in [0.3, 0.4) is 0 Å². The van der Waals surface area contributed by atoms with E-state index >= 15 is 0 Å². The van der Waals surface area contributed by atoms with E-state index in [2.05, 4.69) is 10.0 Å². The van der Waals surface area contributed by atoms with E-state index in [1.54, 1.807) is 24.3 Å². The molecule has 0 saturated heterocycles. The Morgan fingerprint density at radius 2 is 1.58 bits per heavy atom. The molecule has 3 aromatic carbocycles. The van der Waals surface area contributed by atoms with Gasteiger partial charge in [0.25, 0.3) is 10.2 Å². The second-order valence-electron chi connectivity index (χ2n) is 8.22. The third kappa shape index (κ3) is 7.77. The standard InChI is InChI=1S/C25H27N5O7S/c1-30(22(23(32)33)14-16-2-10-20(31)11-3-16)38(35,36)28-15-17-4-12-21(13-5-17)37-24(34)18-6-8-19(9-7-18)29-25(26)27/h2-13,22,28,31H,14-15H2,1H3,(H,32,33)(H4,26,27,29)/t22-/m0/s1. The van der Waals surface area contributed by atoms with Crippen molar-refractivity contribution in [1.82, 2.24) is 9.03 Å². The molecule has 0 aliphatic carbocycles. The Hall–Kier alpha value is -4.46. The number of esters is 1. The maximum Gasteiger partial charge on any atom is 0.343 e. The number of anilines is 1. The SMILES string of the molecule is CN([C@@H](Cc1ccc(O)cc1)C(=O)O)S(=O)(=O)NCc1ccc(OC(=O)c2ccc(NC(=N)N)cc2)cc1. The molecule has 200 valence electrons. The molecule has 0 bridgehead atoms. The zero-order valence-corrected chi connectivity index (χ0v) is 21.1. The molecule has 0 unspecified atom stereocenters. The number of nitrogens with one attached hydrogen (secondary N) is 3.